The molecule has 2 N–H and O–H groups in total. The van der Waals surface area contributed by atoms with Crippen molar-refractivity contribution in [1.82, 2.24) is 15.0 Å². The molecule has 0 saturated heterocycles. The van der Waals surface area contributed by atoms with Crippen molar-refractivity contribution < 1.29 is 0 Å². The van der Waals surface area contributed by atoms with Crippen LogP contribution in [0.1, 0.15) is 5.01 Å². The molecule has 5 heteroatoms. The molecule has 0 amide bonds. The van der Waals surface area contributed by atoms with E-state index in [2.05, 4.69) is 15.0 Å². The molecule has 2 rings (SSSR count). The van der Waals surface area contributed by atoms with Crippen LogP contribution in [0.15, 0.2) is 6.20 Å². The highest BCUT2D eigenvalue weighted by molar-refractivity contribution is 7.18. The maximum absolute atomic E-state index is 5.44. The number of hydrogen-bond donors (Lipinski definition) is 1. The Bertz CT molecular complexity index is 394. The minimum Gasteiger partial charge on any atom is -0.382 e. The van der Waals surface area contributed by atoms with Gasteiger partial charge in [0.05, 0.1) is 11.2 Å². The van der Waals surface area contributed by atoms with Gasteiger partial charge in [-0.25, -0.2) is 15.0 Å². The van der Waals surface area contributed by atoms with Gasteiger partial charge in [0.1, 0.15) is 5.82 Å². The lowest BCUT2D eigenvalue weighted by Gasteiger charge is -1.87. The molecule has 0 bridgehead atoms. The molecule has 0 aromatic carbocycles. The number of rotatable bonds is 0. The van der Waals surface area contributed by atoms with Gasteiger partial charge in [0.25, 0.3) is 0 Å². The molecular formula is C6H6N4S. The summed E-state index contributed by atoms with van der Waals surface area (Å²) in [5, 5.41) is 0.964. The molecule has 0 saturated carbocycles. The fraction of sp³-hybridized carbons (Fsp3) is 0.167. The van der Waals surface area contributed by atoms with Crippen LogP contribution < -0.4 is 5.73 Å². The van der Waals surface area contributed by atoms with Crippen LogP contribution in [0.4, 0.5) is 5.82 Å². The molecular weight excluding hydrogens is 160 g/mol. The average molecular weight is 166 g/mol. The molecule has 11 heavy (non-hydrogen) atoms. The second kappa shape index (κ2) is 2.13. The number of aryl methyl sites for hydroxylation is 1. The van der Waals surface area contributed by atoms with Gasteiger partial charge < -0.3 is 5.73 Å². The zero-order chi connectivity index (χ0) is 7.84. The quantitative estimate of drug-likeness (QED) is 0.633. The van der Waals surface area contributed by atoms with Crippen LogP contribution in [0, 0.1) is 6.92 Å². The molecule has 0 aliphatic rings. The number of nitrogen functional groups attached to an aromatic ring is 1. The Morgan fingerprint density at radius 2 is 2.27 bits per heavy atom. The van der Waals surface area contributed by atoms with Crippen LogP contribution in [0.2, 0.25) is 0 Å². The van der Waals surface area contributed by atoms with E-state index in [1.165, 1.54) is 17.5 Å². The summed E-state index contributed by atoms with van der Waals surface area (Å²) in [6, 6.07) is 0. The van der Waals surface area contributed by atoms with Gasteiger partial charge in [0.2, 0.25) is 0 Å². The van der Waals surface area contributed by atoms with Crippen molar-refractivity contribution in [2.24, 2.45) is 0 Å². The molecule has 0 atom stereocenters. The van der Waals surface area contributed by atoms with Crippen molar-refractivity contribution >= 4 is 27.6 Å². The van der Waals surface area contributed by atoms with Gasteiger partial charge in [0.15, 0.2) is 10.5 Å². The number of nitrogens with zero attached hydrogens (tertiary/aromatic N) is 3. The van der Waals surface area contributed by atoms with Gasteiger partial charge in [-0.3, -0.25) is 0 Å². The first-order valence-corrected chi connectivity index (χ1v) is 3.93. The Kier molecular flexibility index (Phi) is 1.25. The van der Waals surface area contributed by atoms with E-state index in [0.29, 0.717) is 11.5 Å². The lowest BCUT2D eigenvalue weighted by molar-refractivity contribution is 1.24. The number of thiazole rings is 1. The summed E-state index contributed by atoms with van der Waals surface area (Å²) in [4.78, 5) is 13.0. The molecule has 0 radical (unpaired) electrons. The van der Waals surface area contributed by atoms with Crippen molar-refractivity contribution in [3.8, 4) is 0 Å². The Hall–Kier alpha value is -1.23. The molecule has 2 aromatic rings. The monoisotopic (exact) mass is 166 g/mol. The third kappa shape index (κ3) is 1.03. The summed E-state index contributed by atoms with van der Waals surface area (Å²) in [5.74, 6) is 0.446. The molecule has 0 aliphatic heterocycles. The van der Waals surface area contributed by atoms with Gasteiger partial charge in [-0.15, -0.1) is 0 Å². The summed E-state index contributed by atoms with van der Waals surface area (Å²) in [7, 11) is 0. The van der Waals surface area contributed by atoms with Crippen LogP contribution in [0.3, 0.4) is 0 Å². The molecule has 2 aromatic heterocycles. The van der Waals surface area contributed by atoms with Gasteiger partial charge in [0, 0.05) is 0 Å². The van der Waals surface area contributed by atoms with Crippen LogP contribution >= 0.6 is 11.3 Å². The summed E-state index contributed by atoms with van der Waals surface area (Å²) in [6.07, 6.45) is 1.52. The van der Waals surface area contributed by atoms with E-state index < -0.39 is 0 Å². The van der Waals surface area contributed by atoms with Crippen molar-refractivity contribution in [1.29, 1.82) is 0 Å². The fourth-order valence-electron chi connectivity index (χ4n) is 0.836. The highest BCUT2D eigenvalue weighted by Gasteiger charge is 2.01. The minimum atomic E-state index is 0.446. The molecule has 0 unspecified atom stereocenters. The predicted octanol–water partition coefficient (Wildman–Crippen LogP) is 0.977. The van der Waals surface area contributed by atoms with Crippen LogP contribution in [-0.2, 0) is 0 Å². The largest absolute Gasteiger partial charge is 0.382 e. The second-order valence-electron chi connectivity index (χ2n) is 2.16. The second-order valence-corrected chi connectivity index (χ2v) is 3.34. The Morgan fingerprint density at radius 3 is 3.09 bits per heavy atom. The molecule has 4 nitrogen and oxygen atoms in total. The van der Waals surface area contributed by atoms with Crippen molar-refractivity contribution in [2.75, 3.05) is 5.73 Å². The Balaban J connectivity index is 2.82. The van der Waals surface area contributed by atoms with Gasteiger partial charge in [-0.1, -0.05) is 11.3 Å². The first-order valence-electron chi connectivity index (χ1n) is 3.11. The normalized spacial score (nSPS) is 10.6. The highest BCUT2D eigenvalue weighted by atomic mass is 32.1. The molecule has 0 fully saturated rings. The SMILES string of the molecule is Cc1nc2ncc(N)nc2s1. The molecule has 0 spiro atoms. The number of hydrogen-bond acceptors (Lipinski definition) is 5. The molecule has 0 aliphatic carbocycles. The zero-order valence-corrected chi connectivity index (χ0v) is 6.72. The standard InChI is InChI=1S/C6H6N4S/c1-3-9-5-6(11-3)10-4(7)2-8-5/h2H,1H3,(H2,7,10). The van der Waals surface area contributed by atoms with Gasteiger partial charge >= 0.3 is 0 Å². The molecule has 56 valence electrons. The first-order chi connectivity index (χ1) is 5.25. The van der Waals surface area contributed by atoms with E-state index in [1.54, 1.807) is 0 Å². The van der Waals surface area contributed by atoms with Gasteiger partial charge in [-0.2, -0.15) is 0 Å². The third-order valence-electron chi connectivity index (χ3n) is 1.25. The maximum atomic E-state index is 5.44. The summed E-state index contributed by atoms with van der Waals surface area (Å²) in [6.45, 7) is 1.92. The zero-order valence-electron chi connectivity index (χ0n) is 5.90. The van der Waals surface area contributed by atoms with E-state index in [-0.39, 0.29) is 0 Å². The van der Waals surface area contributed by atoms with E-state index >= 15 is 0 Å². The average Bonchev–Trinajstić information content (AvgIpc) is 2.27. The fourth-order valence-corrected chi connectivity index (χ4v) is 1.59. The Labute approximate surface area is 67.1 Å². The number of aromatic nitrogens is 3. The number of nitrogens with two attached hydrogens (primary N) is 1. The minimum absolute atomic E-state index is 0.446. The van der Waals surface area contributed by atoms with Crippen molar-refractivity contribution in [3.05, 3.63) is 11.2 Å². The Morgan fingerprint density at radius 1 is 1.45 bits per heavy atom. The smallest absolute Gasteiger partial charge is 0.189 e. The van der Waals surface area contributed by atoms with Crippen molar-refractivity contribution in [2.45, 2.75) is 6.92 Å². The van der Waals surface area contributed by atoms with Crippen LogP contribution in [0.5, 0.6) is 0 Å². The van der Waals surface area contributed by atoms with Crippen LogP contribution in [-0.4, -0.2) is 15.0 Å². The van der Waals surface area contributed by atoms with E-state index in [4.69, 9.17) is 5.73 Å². The molecule has 2 heterocycles. The van der Waals surface area contributed by atoms with Crippen molar-refractivity contribution in [3.63, 3.8) is 0 Å². The van der Waals surface area contributed by atoms with E-state index in [0.717, 1.165) is 9.84 Å². The first kappa shape index (κ1) is 6.48. The topological polar surface area (TPSA) is 64.7 Å². The van der Waals surface area contributed by atoms with Gasteiger partial charge in [-0.05, 0) is 6.92 Å². The maximum Gasteiger partial charge on any atom is 0.189 e. The summed E-state index contributed by atoms with van der Waals surface area (Å²) >= 11 is 1.50. The van der Waals surface area contributed by atoms with Crippen LogP contribution in [0.25, 0.3) is 10.5 Å². The summed E-state index contributed by atoms with van der Waals surface area (Å²) in [5.41, 5.74) is 6.12. The highest BCUT2D eigenvalue weighted by Crippen LogP contribution is 2.17. The summed E-state index contributed by atoms with van der Waals surface area (Å²) < 4.78 is 0. The van der Waals surface area contributed by atoms with E-state index in [1.807, 2.05) is 6.92 Å². The lowest BCUT2D eigenvalue weighted by atomic mass is 10.6. The predicted molar refractivity (Wildman–Crippen MR) is 44.4 cm³/mol. The number of anilines is 1. The van der Waals surface area contributed by atoms with E-state index in [9.17, 15) is 0 Å². The third-order valence-corrected chi connectivity index (χ3v) is 2.10. The lowest BCUT2D eigenvalue weighted by Crippen LogP contribution is -1.90. The number of fused-ring (bicyclic) bond motifs is 1.